The largest absolute Gasteiger partial charge is 0.495 e. The van der Waals surface area contributed by atoms with Gasteiger partial charge in [0.2, 0.25) is 5.91 Å². The maximum atomic E-state index is 12.7. The molecule has 0 unspecified atom stereocenters. The van der Waals surface area contributed by atoms with Crippen molar-refractivity contribution in [2.75, 3.05) is 7.11 Å². The van der Waals surface area contributed by atoms with E-state index in [2.05, 4.69) is 56.1 Å². The van der Waals surface area contributed by atoms with Gasteiger partial charge in [0.25, 0.3) is 0 Å². The van der Waals surface area contributed by atoms with E-state index in [4.69, 9.17) is 20.8 Å². The van der Waals surface area contributed by atoms with Gasteiger partial charge in [-0.15, -0.1) is 0 Å². The fourth-order valence-electron chi connectivity index (χ4n) is 3.50. The third kappa shape index (κ3) is 10.2. The quantitative estimate of drug-likeness (QED) is 0.225. The van der Waals surface area contributed by atoms with Gasteiger partial charge < -0.3 is 19.6 Å². The number of carboxylic acid groups (broad SMARTS) is 1. The van der Waals surface area contributed by atoms with E-state index in [0.29, 0.717) is 22.8 Å². The van der Waals surface area contributed by atoms with E-state index in [0.717, 1.165) is 5.69 Å². The molecular weight excluding hydrogens is 534 g/mol. The van der Waals surface area contributed by atoms with Gasteiger partial charge in [0.05, 0.1) is 30.1 Å². The molecular formula is C29H40ClN3O5Si. The van der Waals surface area contributed by atoms with E-state index in [-0.39, 0.29) is 23.5 Å². The van der Waals surface area contributed by atoms with Crippen molar-refractivity contribution in [3.05, 3.63) is 71.3 Å². The summed E-state index contributed by atoms with van der Waals surface area (Å²) in [5, 5.41) is 12.6. The number of nitrogens with one attached hydrogen (secondary N) is 1. The van der Waals surface area contributed by atoms with Crippen molar-refractivity contribution in [3.63, 3.8) is 0 Å². The SMILES string of the molecule is COc1ccc(C[C@@H](NC(=O)/C=C/C[C@H](O[Si](C)(C)C(C)(C)C)[C@H](C)/C=C/c2cnccn2)C(=O)O)cc1Cl. The zero-order valence-electron chi connectivity index (χ0n) is 23.8. The lowest BCUT2D eigenvalue weighted by molar-refractivity contribution is -0.141. The molecule has 0 radical (unpaired) electrons. The number of amides is 1. The highest BCUT2D eigenvalue weighted by atomic mass is 35.5. The molecule has 0 fully saturated rings. The molecule has 0 saturated carbocycles. The molecule has 0 aliphatic rings. The number of hydrogen-bond acceptors (Lipinski definition) is 6. The average Bonchev–Trinajstić information content (AvgIpc) is 2.86. The van der Waals surface area contributed by atoms with Crippen molar-refractivity contribution in [3.8, 4) is 5.75 Å². The summed E-state index contributed by atoms with van der Waals surface area (Å²) < 4.78 is 11.9. The van der Waals surface area contributed by atoms with E-state index < -0.39 is 26.2 Å². The molecule has 0 saturated heterocycles. The summed E-state index contributed by atoms with van der Waals surface area (Å²) in [6.07, 6.45) is 12.4. The Morgan fingerprint density at radius 1 is 1.23 bits per heavy atom. The second kappa shape index (κ2) is 14.4. The number of benzene rings is 1. The summed E-state index contributed by atoms with van der Waals surface area (Å²) in [7, 11) is -0.602. The van der Waals surface area contributed by atoms with E-state index in [9.17, 15) is 14.7 Å². The lowest BCUT2D eigenvalue weighted by Crippen LogP contribution is -2.45. The molecule has 2 aromatic rings. The predicted octanol–water partition coefficient (Wildman–Crippen LogP) is 5.94. The number of hydrogen-bond donors (Lipinski definition) is 2. The number of rotatable bonds is 13. The Kier molecular flexibility index (Phi) is 11.9. The first-order valence-corrected chi connectivity index (χ1v) is 16.2. The smallest absolute Gasteiger partial charge is 0.326 e. The Labute approximate surface area is 237 Å². The number of carbonyl (C=O) groups excluding carboxylic acids is 1. The van der Waals surface area contributed by atoms with Crippen molar-refractivity contribution < 1.29 is 23.9 Å². The summed E-state index contributed by atoms with van der Waals surface area (Å²) in [5.41, 5.74) is 1.42. The Morgan fingerprint density at radius 2 is 1.95 bits per heavy atom. The van der Waals surface area contributed by atoms with Crippen LogP contribution in [0, 0.1) is 5.92 Å². The van der Waals surface area contributed by atoms with Crippen LogP contribution in [0.3, 0.4) is 0 Å². The first-order valence-electron chi connectivity index (χ1n) is 12.9. The molecule has 1 aromatic heterocycles. The molecule has 10 heteroatoms. The van der Waals surface area contributed by atoms with Crippen molar-refractivity contribution in [1.82, 2.24) is 15.3 Å². The summed E-state index contributed by atoms with van der Waals surface area (Å²) in [5.74, 6) is -1.10. The second-order valence-corrected chi connectivity index (χ2v) is 16.1. The van der Waals surface area contributed by atoms with Gasteiger partial charge in [0, 0.05) is 18.8 Å². The fraction of sp³-hybridized carbons (Fsp3) is 0.448. The molecule has 212 valence electrons. The minimum Gasteiger partial charge on any atom is -0.495 e. The van der Waals surface area contributed by atoms with Gasteiger partial charge >= 0.3 is 5.97 Å². The summed E-state index contributed by atoms with van der Waals surface area (Å²) in [4.78, 5) is 32.9. The highest BCUT2D eigenvalue weighted by molar-refractivity contribution is 6.74. The third-order valence-electron chi connectivity index (χ3n) is 6.90. The molecule has 2 rings (SSSR count). The molecule has 1 amide bonds. The van der Waals surface area contributed by atoms with Gasteiger partial charge in [-0.2, -0.15) is 0 Å². The van der Waals surface area contributed by atoms with Crippen molar-refractivity contribution in [2.45, 2.75) is 70.8 Å². The van der Waals surface area contributed by atoms with E-state index in [1.54, 1.807) is 42.9 Å². The zero-order valence-corrected chi connectivity index (χ0v) is 25.5. The van der Waals surface area contributed by atoms with Crippen LogP contribution in [0.15, 0.2) is 55.0 Å². The molecule has 0 aliphatic heterocycles. The second-order valence-electron chi connectivity index (χ2n) is 11.0. The molecule has 0 aliphatic carbocycles. The van der Waals surface area contributed by atoms with Crippen LogP contribution in [-0.4, -0.2) is 54.5 Å². The average molecular weight is 574 g/mol. The Balaban J connectivity index is 2.11. The van der Waals surface area contributed by atoms with Crippen LogP contribution >= 0.6 is 11.6 Å². The van der Waals surface area contributed by atoms with Gasteiger partial charge in [-0.05, 0) is 60.3 Å². The minimum absolute atomic E-state index is 0.0136. The van der Waals surface area contributed by atoms with E-state index in [1.165, 1.54) is 13.2 Å². The first kappa shape index (κ1) is 32.2. The van der Waals surface area contributed by atoms with Gasteiger partial charge in [0.15, 0.2) is 8.32 Å². The number of carbonyl (C=O) groups is 2. The Morgan fingerprint density at radius 3 is 2.51 bits per heavy atom. The van der Waals surface area contributed by atoms with Gasteiger partial charge in [-0.3, -0.25) is 14.8 Å². The maximum Gasteiger partial charge on any atom is 0.326 e. The Hall–Kier alpha value is -3.01. The van der Waals surface area contributed by atoms with Crippen LogP contribution in [0.1, 0.15) is 45.4 Å². The van der Waals surface area contributed by atoms with Gasteiger partial charge in [0.1, 0.15) is 11.8 Å². The molecule has 0 bridgehead atoms. The molecule has 1 aromatic carbocycles. The van der Waals surface area contributed by atoms with Crippen LogP contribution in [0.25, 0.3) is 6.08 Å². The van der Waals surface area contributed by atoms with Gasteiger partial charge in [-0.25, -0.2) is 4.79 Å². The van der Waals surface area contributed by atoms with E-state index >= 15 is 0 Å². The maximum absolute atomic E-state index is 12.7. The highest BCUT2D eigenvalue weighted by Gasteiger charge is 2.39. The number of nitrogens with zero attached hydrogens (tertiary/aromatic N) is 2. The van der Waals surface area contributed by atoms with Crippen molar-refractivity contribution in [2.24, 2.45) is 5.92 Å². The molecule has 3 atom stereocenters. The molecule has 8 nitrogen and oxygen atoms in total. The number of aliphatic carboxylic acids is 1. The third-order valence-corrected chi connectivity index (χ3v) is 11.7. The van der Waals surface area contributed by atoms with Crippen LogP contribution < -0.4 is 10.1 Å². The Bertz CT molecular complexity index is 1170. The summed E-state index contributed by atoms with van der Waals surface area (Å²) >= 11 is 6.16. The summed E-state index contributed by atoms with van der Waals surface area (Å²) in [6, 6.07) is 3.92. The summed E-state index contributed by atoms with van der Waals surface area (Å²) in [6.45, 7) is 13.0. The number of methoxy groups -OCH3 is 1. The van der Waals surface area contributed by atoms with Crippen molar-refractivity contribution in [1.29, 1.82) is 0 Å². The first-order chi connectivity index (χ1) is 18.2. The standard InChI is InChI=1S/C29H40ClN3O5Si/c1-20(11-13-22-19-31-15-16-32-22)25(38-39(6,7)29(2,3)4)9-8-10-27(34)33-24(28(35)36)18-21-12-14-26(37-5)23(30)17-21/h8,10-17,19-20,24-25H,9,18H2,1-7H3,(H,33,34)(H,35,36)/b10-8+,13-11+/t20-,24-,25+/m1/s1. The minimum atomic E-state index is -2.11. The lowest BCUT2D eigenvalue weighted by atomic mass is 10.0. The van der Waals surface area contributed by atoms with Crippen LogP contribution in [0.5, 0.6) is 5.75 Å². The highest BCUT2D eigenvalue weighted by Crippen LogP contribution is 2.38. The number of carboxylic acids is 1. The molecule has 39 heavy (non-hydrogen) atoms. The predicted molar refractivity (Wildman–Crippen MR) is 157 cm³/mol. The topological polar surface area (TPSA) is 111 Å². The lowest BCUT2D eigenvalue weighted by Gasteiger charge is -2.40. The van der Waals surface area contributed by atoms with Crippen molar-refractivity contribution >= 4 is 37.9 Å². The van der Waals surface area contributed by atoms with E-state index in [1.807, 2.05) is 12.2 Å². The van der Waals surface area contributed by atoms with Crippen LogP contribution in [0.2, 0.25) is 23.2 Å². The monoisotopic (exact) mass is 573 g/mol. The van der Waals surface area contributed by atoms with Crippen LogP contribution in [0.4, 0.5) is 0 Å². The fourth-order valence-corrected chi connectivity index (χ4v) is 5.20. The molecule has 1 heterocycles. The molecule has 2 N–H and O–H groups in total. The number of aromatic nitrogens is 2. The van der Waals surface area contributed by atoms with Gasteiger partial charge in [-0.1, -0.05) is 57.5 Å². The normalized spacial score (nSPS) is 14.8. The number of ether oxygens (including phenoxy) is 1. The number of halogens is 1. The zero-order chi connectivity index (χ0) is 29.2. The molecule has 0 spiro atoms. The van der Waals surface area contributed by atoms with Crippen LogP contribution in [-0.2, 0) is 20.4 Å².